The summed E-state index contributed by atoms with van der Waals surface area (Å²) in [6.07, 6.45) is 1.03. The third-order valence-corrected chi connectivity index (χ3v) is 2.47. The lowest BCUT2D eigenvalue weighted by molar-refractivity contribution is -0.144. The molecule has 94 valence electrons. The fourth-order valence-electron chi connectivity index (χ4n) is 1.19. The van der Waals surface area contributed by atoms with Crippen molar-refractivity contribution >= 4 is 11.9 Å². The van der Waals surface area contributed by atoms with Crippen LogP contribution < -0.4 is 5.32 Å². The van der Waals surface area contributed by atoms with Crippen LogP contribution in [0.5, 0.6) is 0 Å². The third kappa shape index (κ3) is 6.40. The zero-order valence-corrected chi connectivity index (χ0v) is 10.2. The van der Waals surface area contributed by atoms with Crippen molar-refractivity contribution in [1.29, 1.82) is 0 Å². The molecular weight excluding hydrogens is 210 g/mol. The van der Waals surface area contributed by atoms with Crippen LogP contribution in [0.2, 0.25) is 0 Å². The molecule has 0 saturated carbocycles. The summed E-state index contributed by atoms with van der Waals surface area (Å²) in [5.41, 5.74) is 0. The summed E-state index contributed by atoms with van der Waals surface area (Å²) >= 11 is 0. The Bertz CT molecular complexity index is 230. The molecule has 0 heterocycles. The van der Waals surface area contributed by atoms with Crippen molar-refractivity contribution in [2.75, 3.05) is 13.2 Å². The van der Waals surface area contributed by atoms with E-state index in [9.17, 15) is 9.59 Å². The van der Waals surface area contributed by atoms with Gasteiger partial charge in [-0.25, -0.2) is 0 Å². The Balaban J connectivity index is 3.58. The molecule has 5 nitrogen and oxygen atoms in total. The number of hydrogen-bond donors (Lipinski definition) is 2. The minimum Gasteiger partial charge on any atom is -0.481 e. The van der Waals surface area contributed by atoms with Crippen molar-refractivity contribution in [3.05, 3.63) is 0 Å². The summed E-state index contributed by atoms with van der Waals surface area (Å²) in [7, 11) is 0. The molecular formula is C11H21NO4. The number of carboxylic acids is 1. The molecule has 0 aliphatic heterocycles. The molecule has 5 heteroatoms. The maximum atomic E-state index is 11.0. The number of nitrogens with one attached hydrogen (secondary N) is 1. The minimum absolute atomic E-state index is 0.0975. The van der Waals surface area contributed by atoms with Gasteiger partial charge in [0.1, 0.15) is 0 Å². The van der Waals surface area contributed by atoms with Crippen LogP contribution in [0.3, 0.4) is 0 Å². The van der Waals surface area contributed by atoms with Crippen LogP contribution in [0, 0.1) is 5.92 Å². The standard InChI is InChI=1S/C11H21NO4/c1-4-16-10(13)6-5-7-12-9(3)8(2)11(14)15/h8-9,12H,4-7H2,1-3H3,(H,14,15). The molecule has 0 aliphatic rings. The molecule has 0 aromatic carbocycles. The topological polar surface area (TPSA) is 75.6 Å². The molecule has 0 radical (unpaired) electrons. The number of esters is 1. The van der Waals surface area contributed by atoms with Gasteiger partial charge in [-0.05, 0) is 26.8 Å². The van der Waals surface area contributed by atoms with Crippen molar-refractivity contribution in [1.82, 2.24) is 5.32 Å². The second-order valence-electron chi connectivity index (χ2n) is 3.78. The predicted octanol–water partition coefficient (Wildman–Crippen LogP) is 1.03. The molecule has 0 amide bonds. The molecule has 0 aromatic heterocycles. The summed E-state index contributed by atoms with van der Waals surface area (Å²) in [6.45, 7) is 6.28. The Kier molecular flexibility index (Phi) is 7.54. The van der Waals surface area contributed by atoms with Crippen LogP contribution >= 0.6 is 0 Å². The summed E-state index contributed by atoms with van der Waals surface area (Å²) in [6, 6.07) is -0.0975. The van der Waals surface area contributed by atoms with E-state index < -0.39 is 11.9 Å². The van der Waals surface area contributed by atoms with Gasteiger partial charge in [0.15, 0.2) is 0 Å². The lowest BCUT2D eigenvalue weighted by Gasteiger charge is -2.17. The SMILES string of the molecule is CCOC(=O)CCCNC(C)C(C)C(=O)O. The van der Waals surface area contributed by atoms with Crippen molar-refractivity contribution in [2.45, 2.75) is 39.7 Å². The molecule has 0 aliphatic carbocycles. The van der Waals surface area contributed by atoms with Gasteiger partial charge in [0, 0.05) is 12.5 Å². The van der Waals surface area contributed by atoms with E-state index in [1.807, 2.05) is 6.92 Å². The Hall–Kier alpha value is -1.10. The van der Waals surface area contributed by atoms with E-state index in [-0.39, 0.29) is 12.0 Å². The highest BCUT2D eigenvalue weighted by atomic mass is 16.5. The molecule has 0 rings (SSSR count). The van der Waals surface area contributed by atoms with E-state index in [1.54, 1.807) is 13.8 Å². The quantitative estimate of drug-likeness (QED) is 0.482. The van der Waals surface area contributed by atoms with Gasteiger partial charge in [0.05, 0.1) is 12.5 Å². The van der Waals surface area contributed by atoms with Gasteiger partial charge in [0.25, 0.3) is 0 Å². The average molecular weight is 231 g/mol. The molecule has 0 spiro atoms. The number of carboxylic acid groups (broad SMARTS) is 1. The fourth-order valence-corrected chi connectivity index (χ4v) is 1.19. The van der Waals surface area contributed by atoms with Gasteiger partial charge in [0.2, 0.25) is 0 Å². The zero-order chi connectivity index (χ0) is 12.6. The second-order valence-corrected chi connectivity index (χ2v) is 3.78. The van der Waals surface area contributed by atoms with Crippen molar-refractivity contribution in [3.63, 3.8) is 0 Å². The van der Waals surface area contributed by atoms with Crippen LogP contribution in [0.15, 0.2) is 0 Å². The monoisotopic (exact) mass is 231 g/mol. The Labute approximate surface area is 96.2 Å². The number of ether oxygens (including phenoxy) is 1. The summed E-state index contributed by atoms with van der Waals surface area (Å²) < 4.78 is 4.77. The molecule has 2 unspecified atom stereocenters. The lowest BCUT2D eigenvalue weighted by atomic mass is 10.0. The normalized spacial score (nSPS) is 14.2. The smallest absolute Gasteiger partial charge is 0.307 e. The molecule has 16 heavy (non-hydrogen) atoms. The number of rotatable bonds is 8. The Morgan fingerprint density at radius 1 is 1.38 bits per heavy atom. The Morgan fingerprint density at radius 2 is 2.00 bits per heavy atom. The van der Waals surface area contributed by atoms with Gasteiger partial charge in [-0.1, -0.05) is 6.92 Å². The zero-order valence-electron chi connectivity index (χ0n) is 10.2. The number of hydrogen-bond acceptors (Lipinski definition) is 4. The first-order valence-corrected chi connectivity index (χ1v) is 5.60. The molecule has 0 saturated heterocycles. The second kappa shape index (κ2) is 8.10. The number of aliphatic carboxylic acids is 1. The fraction of sp³-hybridized carbons (Fsp3) is 0.818. The maximum Gasteiger partial charge on any atom is 0.307 e. The van der Waals surface area contributed by atoms with Gasteiger partial charge >= 0.3 is 11.9 Å². The van der Waals surface area contributed by atoms with E-state index in [2.05, 4.69) is 5.32 Å². The van der Waals surface area contributed by atoms with Crippen LogP contribution in [0.25, 0.3) is 0 Å². The van der Waals surface area contributed by atoms with Gasteiger partial charge in [-0.2, -0.15) is 0 Å². The summed E-state index contributed by atoms with van der Waals surface area (Å²) in [5, 5.41) is 11.8. The van der Waals surface area contributed by atoms with Gasteiger partial charge < -0.3 is 15.2 Å². The Morgan fingerprint density at radius 3 is 2.50 bits per heavy atom. The average Bonchev–Trinajstić information content (AvgIpc) is 2.23. The van der Waals surface area contributed by atoms with E-state index in [0.29, 0.717) is 26.0 Å². The molecule has 0 bridgehead atoms. The highest BCUT2D eigenvalue weighted by Crippen LogP contribution is 2.02. The first kappa shape index (κ1) is 14.9. The number of carbonyl (C=O) groups is 2. The summed E-state index contributed by atoms with van der Waals surface area (Å²) in [5.74, 6) is -1.45. The van der Waals surface area contributed by atoms with E-state index in [4.69, 9.17) is 9.84 Å². The molecule has 2 atom stereocenters. The van der Waals surface area contributed by atoms with Crippen molar-refractivity contribution < 1.29 is 19.4 Å². The predicted molar refractivity (Wildman–Crippen MR) is 60.1 cm³/mol. The van der Waals surface area contributed by atoms with Crippen LogP contribution in [-0.2, 0) is 14.3 Å². The minimum atomic E-state index is -0.814. The molecule has 0 aromatic rings. The third-order valence-electron chi connectivity index (χ3n) is 2.47. The van der Waals surface area contributed by atoms with Crippen molar-refractivity contribution in [3.8, 4) is 0 Å². The van der Waals surface area contributed by atoms with Crippen LogP contribution in [0.4, 0.5) is 0 Å². The van der Waals surface area contributed by atoms with E-state index in [0.717, 1.165) is 0 Å². The first-order chi connectivity index (χ1) is 7.49. The lowest BCUT2D eigenvalue weighted by Crippen LogP contribution is -2.36. The first-order valence-electron chi connectivity index (χ1n) is 5.60. The largest absolute Gasteiger partial charge is 0.481 e. The van der Waals surface area contributed by atoms with E-state index in [1.165, 1.54) is 0 Å². The van der Waals surface area contributed by atoms with E-state index >= 15 is 0 Å². The van der Waals surface area contributed by atoms with Gasteiger partial charge in [-0.15, -0.1) is 0 Å². The van der Waals surface area contributed by atoms with Crippen LogP contribution in [-0.4, -0.2) is 36.2 Å². The van der Waals surface area contributed by atoms with Crippen molar-refractivity contribution in [2.24, 2.45) is 5.92 Å². The van der Waals surface area contributed by atoms with Crippen LogP contribution in [0.1, 0.15) is 33.6 Å². The number of carbonyl (C=O) groups excluding carboxylic acids is 1. The maximum absolute atomic E-state index is 11.0. The molecule has 2 N–H and O–H groups in total. The highest BCUT2D eigenvalue weighted by molar-refractivity contribution is 5.70. The molecule has 0 fully saturated rings. The summed E-state index contributed by atoms with van der Waals surface area (Å²) in [4.78, 5) is 21.6. The highest BCUT2D eigenvalue weighted by Gasteiger charge is 2.18. The van der Waals surface area contributed by atoms with Gasteiger partial charge in [-0.3, -0.25) is 9.59 Å².